The highest BCUT2D eigenvalue weighted by molar-refractivity contribution is 5.72. The van der Waals surface area contributed by atoms with E-state index in [0.717, 1.165) is 16.7 Å². The third-order valence-corrected chi connectivity index (χ3v) is 2.24. The summed E-state index contributed by atoms with van der Waals surface area (Å²) >= 11 is 0. The van der Waals surface area contributed by atoms with Crippen LogP contribution in [0.4, 0.5) is 11.4 Å². The molecule has 3 heteroatoms. The number of hydrogen-bond acceptors (Lipinski definition) is 3. The molecule has 0 unspecified atom stereocenters. The van der Waals surface area contributed by atoms with E-state index in [2.05, 4.69) is 0 Å². The van der Waals surface area contributed by atoms with Gasteiger partial charge in [0.1, 0.15) is 0 Å². The molecule has 3 nitrogen and oxygen atoms in total. The monoisotopic (exact) mass is 165 g/mol. The highest BCUT2D eigenvalue weighted by atomic mass is 14.7. The normalized spacial score (nSPS) is 10.2. The quantitative estimate of drug-likeness (QED) is 0.541. The molecule has 0 fully saturated rings. The minimum absolute atomic E-state index is 0.442. The van der Waals surface area contributed by atoms with Gasteiger partial charge in [0.05, 0.1) is 11.4 Å². The fourth-order valence-electron chi connectivity index (χ4n) is 1.20. The Bertz CT molecular complexity index is 305. The lowest BCUT2D eigenvalue weighted by atomic mass is 10.0. The van der Waals surface area contributed by atoms with Crippen LogP contribution in [-0.4, -0.2) is 0 Å². The molecule has 0 aliphatic rings. The number of anilines is 2. The van der Waals surface area contributed by atoms with E-state index in [9.17, 15) is 0 Å². The summed E-state index contributed by atoms with van der Waals surface area (Å²) < 4.78 is 0. The molecular formula is C9H15N3. The van der Waals surface area contributed by atoms with Crippen LogP contribution in [-0.2, 0) is 6.54 Å². The number of benzene rings is 1. The van der Waals surface area contributed by atoms with E-state index in [4.69, 9.17) is 17.2 Å². The van der Waals surface area contributed by atoms with Gasteiger partial charge in [0.2, 0.25) is 0 Å². The van der Waals surface area contributed by atoms with Crippen molar-refractivity contribution in [2.45, 2.75) is 20.4 Å². The average Bonchev–Trinajstić information content (AvgIpc) is 2.08. The molecule has 0 aliphatic carbocycles. The lowest BCUT2D eigenvalue weighted by Crippen LogP contribution is -2.07. The second kappa shape index (κ2) is 3.03. The maximum absolute atomic E-state index is 5.78. The van der Waals surface area contributed by atoms with Crippen LogP contribution in [0.5, 0.6) is 0 Å². The Morgan fingerprint density at radius 3 is 2.25 bits per heavy atom. The van der Waals surface area contributed by atoms with Crippen LogP contribution >= 0.6 is 0 Å². The molecule has 0 spiro atoms. The largest absolute Gasteiger partial charge is 0.397 e. The van der Waals surface area contributed by atoms with Crippen LogP contribution in [0.15, 0.2) is 6.07 Å². The van der Waals surface area contributed by atoms with E-state index in [0.29, 0.717) is 17.9 Å². The van der Waals surface area contributed by atoms with Crippen LogP contribution in [0.3, 0.4) is 0 Å². The van der Waals surface area contributed by atoms with Gasteiger partial charge in [-0.2, -0.15) is 0 Å². The van der Waals surface area contributed by atoms with E-state index >= 15 is 0 Å². The summed E-state index contributed by atoms with van der Waals surface area (Å²) in [5.74, 6) is 0. The molecule has 0 heterocycles. The maximum atomic E-state index is 5.78. The Kier molecular flexibility index (Phi) is 2.24. The number of nitrogens with two attached hydrogens (primary N) is 3. The third kappa shape index (κ3) is 1.23. The van der Waals surface area contributed by atoms with Gasteiger partial charge in [-0.3, -0.25) is 0 Å². The second-order valence-corrected chi connectivity index (χ2v) is 3.01. The van der Waals surface area contributed by atoms with Crippen molar-refractivity contribution < 1.29 is 0 Å². The fraction of sp³-hybridized carbons (Fsp3) is 0.333. The van der Waals surface area contributed by atoms with Crippen molar-refractivity contribution in [2.24, 2.45) is 5.73 Å². The summed E-state index contributed by atoms with van der Waals surface area (Å²) in [6.45, 7) is 4.41. The first-order chi connectivity index (χ1) is 5.57. The van der Waals surface area contributed by atoms with Crippen molar-refractivity contribution >= 4 is 11.4 Å². The molecule has 66 valence electrons. The smallest absolute Gasteiger partial charge is 0.0596 e. The van der Waals surface area contributed by atoms with Gasteiger partial charge in [-0.05, 0) is 30.5 Å². The molecule has 1 rings (SSSR count). The number of rotatable bonds is 1. The summed E-state index contributed by atoms with van der Waals surface area (Å²) in [6, 6.07) is 1.99. The molecule has 12 heavy (non-hydrogen) atoms. The number of nitrogen functional groups attached to an aromatic ring is 2. The zero-order chi connectivity index (χ0) is 9.30. The van der Waals surface area contributed by atoms with Crippen molar-refractivity contribution in [3.05, 3.63) is 22.8 Å². The van der Waals surface area contributed by atoms with E-state index in [1.165, 1.54) is 0 Å². The van der Waals surface area contributed by atoms with Crippen molar-refractivity contribution in [3.8, 4) is 0 Å². The van der Waals surface area contributed by atoms with Crippen molar-refractivity contribution in [1.29, 1.82) is 0 Å². The molecule has 0 aromatic heterocycles. The molecule has 0 aliphatic heterocycles. The first-order valence-corrected chi connectivity index (χ1v) is 3.92. The van der Waals surface area contributed by atoms with Gasteiger partial charge in [-0.25, -0.2) is 0 Å². The van der Waals surface area contributed by atoms with Crippen LogP contribution in [0.1, 0.15) is 16.7 Å². The Labute approximate surface area is 72.5 Å². The highest BCUT2D eigenvalue weighted by Crippen LogP contribution is 2.26. The van der Waals surface area contributed by atoms with Gasteiger partial charge in [-0.15, -0.1) is 0 Å². The molecule has 0 amide bonds. The SMILES string of the molecule is Cc1cc(CN)c(N)c(N)c1C. The predicted molar refractivity (Wildman–Crippen MR) is 52.6 cm³/mol. The zero-order valence-corrected chi connectivity index (χ0v) is 7.52. The highest BCUT2D eigenvalue weighted by Gasteiger charge is 2.06. The van der Waals surface area contributed by atoms with Gasteiger partial charge < -0.3 is 17.2 Å². The van der Waals surface area contributed by atoms with Gasteiger partial charge in [-0.1, -0.05) is 6.07 Å². The first-order valence-electron chi connectivity index (χ1n) is 3.92. The molecule has 0 saturated heterocycles. The third-order valence-electron chi connectivity index (χ3n) is 2.24. The van der Waals surface area contributed by atoms with Crippen LogP contribution in [0, 0.1) is 13.8 Å². The van der Waals surface area contributed by atoms with Crippen LogP contribution in [0.2, 0.25) is 0 Å². The van der Waals surface area contributed by atoms with Gasteiger partial charge in [0.15, 0.2) is 0 Å². The lowest BCUT2D eigenvalue weighted by Gasteiger charge is -2.11. The molecule has 0 bridgehead atoms. The average molecular weight is 165 g/mol. The van der Waals surface area contributed by atoms with Crippen molar-refractivity contribution in [2.75, 3.05) is 11.5 Å². The Morgan fingerprint density at radius 1 is 1.17 bits per heavy atom. The lowest BCUT2D eigenvalue weighted by molar-refractivity contribution is 1.07. The van der Waals surface area contributed by atoms with Crippen LogP contribution in [0.25, 0.3) is 0 Å². The number of aryl methyl sites for hydroxylation is 1. The molecule has 1 aromatic carbocycles. The van der Waals surface area contributed by atoms with E-state index < -0.39 is 0 Å². The second-order valence-electron chi connectivity index (χ2n) is 3.01. The summed E-state index contributed by atoms with van der Waals surface area (Å²) in [4.78, 5) is 0. The topological polar surface area (TPSA) is 78.1 Å². The molecule has 6 N–H and O–H groups in total. The fourth-order valence-corrected chi connectivity index (χ4v) is 1.20. The minimum Gasteiger partial charge on any atom is -0.397 e. The Morgan fingerprint density at radius 2 is 1.75 bits per heavy atom. The molecule has 0 radical (unpaired) electrons. The van der Waals surface area contributed by atoms with Gasteiger partial charge in [0, 0.05) is 6.54 Å². The van der Waals surface area contributed by atoms with Crippen LogP contribution < -0.4 is 17.2 Å². The zero-order valence-electron chi connectivity index (χ0n) is 7.52. The van der Waals surface area contributed by atoms with E-state index in [1.807, 2.05) is 19.9 Å². The summed E-state index contributed by atoms with van der Waals surface area (Å²) in [5, 5.41) is 0. The molecule has 1 aromatic rings. The summed E-state index contributed by atoms with van der Waals surface area (Å²) in [6.07, 6.45) is 0. The van der Waals surface area contributed by atoms with Gasteiger partial charge in [0.25, 0.3) is 0 Å². The Hall–Kier alpha value is -1.22. The molecular weight excluding hydrogens is 150 g/mol. The maximum Gasteiger partial charge on any atom is 0.0596 e. The standard InChI is InChI=1S/C9H15N3/c1-5-3-7(4-10)9(12)8(11)6(5)2/h3H,4,10-12H2,1-2H3. The van der Waals surface area contributed by atoms with Gasteiger partial charge >= 0.3 is 0 Å². The first kappa shape index (κ1) is 8.87. The van der Waals surface area contributed by atoms with E-state index in [1.54, 1.807) is 0 Å². The minimum atomic E-state index is 0.442. The molecule has 0 saturated carbocycles. The Balaban J connectivity index is 3.39. The predicted octanol–water partition coefficient (Wildman–Crippen LogP) is 0.927. The van der Waals surface area contributed by atoms with Crippen molar-refractivity contribution in [1.82, 2.24) is 0 Å². The summed E-state index contributed by atoms with van der Waals surface area (Å²) in [7, 11) is 0. The summed E-state index contributed by atoms with van der Waals surface area (Å²) in [5.41, 5.74) is 21.4. The molecule has 0 atom stereocenters. The van der Waals surface area contributed by atoms with E-state index in [-0.39, 0.29) is 0 Å². The van der Waals surface area contributed by atoms with Crippen molar-refractivity contribution in [3.63, 3.8) is 0 Å². The number of hydrogen-bond donors (Lipinski definition) is 3.